The van der Waals surface area contributed by atoms with E-state index in [0.717, 1.165) is 29.7 Å². The molecule has 0 atom stereocenters. The summed E-state index contributed by atoms with van der Waals surface area (Å²) in [6.07, 6.45) is 1.80. The molecular formula is C24H28N4O3S. The van der Waals surface area contributed by atoms with Crippen LogP contribution in [0.25, 0.3) is 0 Å². The van der Waals surface area contributed by atoms with E-state index in [-0.39, 0.29) is 5.91 Å². The normalized spacial score (nSPS) is 14.6. The van der Waals surface area contributed by atoms with Crippen LogP contribution in [0.15, 0.2) is 53.4 Å². The van der Waals surface area contributed by atoms with Gasteiger partial charge < -0.3 is 5.32 Å². The summed E-state index contributed by atoms with van der Waals surface area (Å²) in [5.41, 5.74) is 4.48. The minimum atomic E-state index is -3.53. The van der Waals surface area contributed by atoms with Crippen molar-refractivity contribution in [3.8, 4) is 0 Å². The minimum absolute atomic E-state index is 0.174. The third kappa shape index (κ3) is 4.47. The molecule has 32 heavy (non-hydrogen) atoms. The highest BCUT2D eigenvalue weighted by atomic mass is 32.2. The SMILES string of the molecule is Cc1cccc(NC(=O)c2ccc(Cn3nc(C)c(S(=O)(=O)N4CCCC4)c3C)cc2)c1. The van der Waals surface area contributed by atoms with Crippen LogP contribution in [0.5, 0.6) is 0 Å². The molecule has 3 aromatic rings. The van der Waals surface area contributed by atoms with Crippen molar-refractivity contribution in [1.29, 1.82) is 0 Å². The Labute approximate surface area is 189 Å². The summed E-state index contributed by atoms with van der Waals surface area (Å²) in [5, 5.41) is 7.40. The molecule has 1 N–H and O–H groups in total. The smallest absolute Gasteiger partial charge is 0.255 e. The number of carbonyl (C=O) groups excluding carboxylic acids is 1. The van der Waals surface area contributed by atoms with Crippen LogP contribution in [0.2, 0.25) is 0 Å². The molecule has 0 aliphatic carbocycles. The van der Waals surface area contributed by atoms with Gasteiger partial charge in [0.25, 0.3) is 5.91 Å². The van der Waals surface area contributed by atoms with Gasteiger partial charge in [-0.3, -0.25) is 9.48 Å². The fraction of sp³-hybridized carbons (Fsp3) is 0.333. The van der Waals surface area contributed by atoms with Gasteiger partial charge in [0.05, 0.1) is 17.9 Å². The fourth-order valence-corrected chi connectivity index (χ4v) is 6.02. The van der Waals surface area contributed by atoms with Crippen molar-refractivity contribution in [3.05, 3.63) is 76.6 Å². The van der Waals surface area contributed by atoms with Crippen molar-refractivity contribution in [2.75, 3.05) is 18.4 Å². The van der Waals surface area contributed by atoms with Gasteiger partial charge in [-0.05, 0) is 69.0 Å². The maximum atomic E-state index is 13.1. The highest BCUT2D eigenvalue weighted by molar-refractivity contribution is 7.89. The van der Waals surface area contributed by atoms with E-state index in [9.17, 15) is 13.2 Å². The van der Waals surface area contributed by atoms with Gasteiger partial charge in [0.1, 0.15) is 4.90 Å². The van der Waals surface area contributed by atoms with Crippen LogP contribution in [-0.4, -0.2) is 41.5 Å². The second kappa shape index (κ2) is 8.88. The largest absolute Gasteiger partial charge is 0.322 e. The fourth-order valence-electron chi connectivity index (χ4n) is 4.13. The summed E-state index contributed by atoms with van der Waals surface area (Å²) in [6, 6.07) is 14.9. The summed E-state index contributed by atoms with van der Waals surface area (Å²) < 4.78 is 29.4. The Morgan fingerprint density at radius 3 is 2.38 bits per heavy atom. The van der Waals surface area contributed by atoms with Crippen molar-refractivity contribution in [2.24, 2.45) is 0 Å². The van der Waals surface area contributed by atoms with Crippen molar-refractivity contribution in [2.45, 2.75) is 45.1 Å². The molecule has 1 amide bonds. The molecule has 1 fully saturated rings. The monoisotopic (exact) mass is 452 g/mol. The molecule has 1 aliphatic heterocycles. The van der Waals surface area contributed by atoms with Crippen LogP contribution in [0.1, 0.15) is 45.7 Å². The maximum Gasteiger partial charge on any atom is 0.255 e. The highest BCUT2D eigenvalue weighted by Gasteiger charge is 2.32. The van der Waals surface area contributed by atoms with Gasteiger partial charge in [-0.15, -0.1) is 0 Å². The summed E-state index contributed by atoms with van der Waals surface area (Å²) in [6.45, 7) is 7.09. The Morgan fingerprint density at radius 1 is 1.03 bits per heavy atom. The predicted molar refractivity (Wildman–Crippen MR) is 124 cm³/mol. The van der Waals surface area contributed by atoms with Crippen molar-refractivity contribution >= 4 is 21.6 Å². The van der Waals surface area contributed by atoms with E-state index in [0.29, 0.717) is 41.5 Å². The molecule has 0 saturated carbocycles. The Bertz CT molecular complexity index is 1240. The molecule has 168 valence electrons. The number of anilines is 1. The first-order chi connectivity index (χ1) is 15.3. The number of hydrogen-bond acceptors (Lipinski definition) is 4. The molecule has 0 spiro atoms. The van der Waals surface area contributed by atoms with Gasteiger partial charge in [-0.25, -0.2) is 8.42 Å². The summed E-state index contributed by atoms with van der Waals surface area (Å²) >= 11 is 0. The zero-order valence-corrected chi connectivity index (χ0v) is 19.4. The Balaban J connectivity index is 1.50. The first-order valence-corrected chi connectivity index (χ1v) is 12.2. The number of amides is 1. The lowest BCUT2D eigenvalue weighted by molar-refractivity contribution is 0.102. The molecule has 2 heterocycles. The predicted octanol–water partition coefficient (Wildman–Crippen LogP) is 3.89. The second-order valence-corrected chi connectivity index (χ2v) is 10.2. The number of hydrogen-bond donors (Lipinski definition) is 1. The van der Waals surface area contributed by atoms with E-state index in [1.165, 1.54) is 0 Å². The summed E-state index contributed by atoms with van der Waals surface area (Å²) in [4.78, 5) is 12.8. The highest BCUT2D eigenvalue weighted by Crippen LogP contribution is 2.26. The molecule has 0 bridgehead atoms. The molecule has 1 aliphatic rings. The molecule has 0 unspecified atom stereocenters. The van der Waals surface area contributed by atoms with Crippen LogP contribution >= 0.6 is 0 Å². The summed E-state index contributed by atoms with van der Waals surface area (Å²) in [5.74, 6) is -0.174. The van der Waals surface area contributed by atoms with Crippen molar-refractivity contribution in [1.82, 2.24) is 14.1 Å². The third-order valence-electron chi connectivity index (χ3n) is 5.80. The van der Waals surface area contributed by atoms with E-state index >= 15 is 0 Å². The number of carbonyl (C=O) groups is 1. The molecular weight excluding hydrogens is 424 g/mol. The van der Waals surface area contributed by atoms with Crippen molar-refractivity contribution < 1.29 is 13.2 Å². The zero-order chi connectivity index (χ0) is 22.9. The van der Waals surface area contributed by atoms with E-state index in [4.69, 9.17) is 0 Å². The Morgan fingerprint density at radius 2 is 1.72 bits per heavy atom. The van der Waals surface area contributed by atoms with Gasteiger partial charge >= 0.3 is 0 Å². The van der Waals surface area contributed by atoms with Gasteiger partial charge in [-0.1, -0.05) is 24.3 Å². The Hall–Kier alpha value is -2.97. The Kier molecular flexibility index (Phi) is 6.17. The van der Waals surface area contributed by atoms with Crippen molar-refractivity contribution in [3.63, 3.8) is 0 Å². The number of sulfonamides is 1. The number of nitrogens with zero attached hydrogens (tertiary/aromatic N) is 3. The maximum absolute atomic E-state index is 13.1. The standard InChI is InChI=1S/C24H28N4O3S/c1-17-7-6-8-22(15-17)25-24(29)21-11-9-20(10-12-21)16-28-19(3)23(18(2)26-28)32(30,31)27-13-4-5-14-27/h6-12,15H,4-5,13-14,16H2,1-3H3,(H,25,29). The average molecular weight is 453 g/mol. The lowest BCUT2D eigenvalue weighted by Gasteiger charge is -2.15. The van der Waals surface area contributed by atoms with Crippen LogP contribution in [0.4, 0.5) is 5.69 Å². The lowest BCUT2D eigenvalue weighted by Crippen LogP contribution is -2.28. The molecule has 1 aromatic heterocycles. The quantitative estimate of drug-likeness (QED) is 0.615. The number of rotatable bonds is 6. The van der Waals surface area contributed by atoms with Crippen LogP contribution in [0.3, 0.4) is 0 Å². The zero-order valence-electron chi connectivity index (χ0n) is 18.6. The molecule has 0 radical (unpaired) electrons. The van der Waals surface area contributed by atoms with Crippen LogP contribution < -0.4 is 5.32 Å². The number of nitrogens with one attached hydrogen (secondary N) is 1. The molecule has 7 nitrogen and oxygen atoms in total. The van der Waals surface area contributed by atoms with Crippen LogP contribution in [-0.2, 0) is 16.6 Å². The second-order valence-electron chi connectivity index (χ2n) is 8.29. The molecule has 1 saturated heterocycles. The van der Waals surface area contributed by atoms with Gasteiger partial charge in [0.15, 0.2) is 0 Å². The minimum Gasteiger partial charge on any atom is -0.322 e. The van der Waals surface area contributed by atoms with E-state index < -0.39 is 10.0 Å². The number of aryl methyl sites for hydroxylation is 2. The number of aromatic nitrogens is 2. The summed E-state index contributed by atoms with van der Waals surface area (Å²) in [7, 11) is -3.53. The molecule has 2 aromatic carbocycles. The molecule has 4 rings (SSSR count). The number of benzene rings is 2. The lowest BCUT2D eigenvalue weighted by atomic mass is 10.1. The molecule has 8 heteroatoms. The first-order valence-electron chi connectivity index (χ1n) is 10.8. The van der Waals surface area contributed by atoms with E-state index in [1.54, 1.807) is 35.0 Å². The van der Waals surface area contributed by atoms with Gasteiger partial charge in [-0.2, -0.15) is 9.40 Å². The average Bonchev–Trinajstić information content (AvgIpc) is 3.38. The van der Waals surface area contributed by atoms with Gasteiger partial charge in [0, 0.05) is 24.3 Å². The topological polar surface area (TPSA) is 84.3 Å². The van der Waals surface area contributed by atoms with E-state index in [2.05, 4.69) is 10.4 Å². The van der Waals surface area contributed by atoms with Crippen LogP contribution in [0, 0.1) is 20.8 Å². The van der Waals surface area contributed by atoms with Gasteiger partial charge in [0.2, 0.25) is 10.0 Å². The third-order valence-corrected chi connectivity index (χ3v) is 7.95. The first kappa shape index (κ1) is 22.2. The van der Waals surface area contributed by atoms with E-state index in [1.807, 2.05) is 43.3 Å².